The molecule has 1 fully saturated rings. The Morgan fingerprint density at radius 2 is 2.10 bits per heavy atom. The van der Waals surface area contributed by atoms with Gasteiger partial charge < -0.3 is 10.6 Å². The van der Waals surface area contributed by atoms with Crippen LogP contribution in [0.15, 0.2) is 12.1 Å². The first-order valence-corrected chi connectivity index (χ1v) is 6.58. The summed E-state index contributed by atoms with van der Waals surface area (Å²) in [7, 11) is 0. The summed E-state index contributed by atoms with van der Waals surface area (Å²) in [5.41, 5.74) is -0.520. The average Bonchev–Trinajstić information content (AvgIpc) is 2.41. The number of piperidine rings is 1. The molecule has 2 rings (SSSR count). The van der Waals surface area contributed by atoms with Crippen LogP contribution in [0.4, 0.5) is 8.78 Å². The van der Waals surface area contributed by atoms with Crippen molar-refractivity contribution in [2.75, 3.05) is 6.54 Å². The molecule has 1 aromatic carbocycles. The van der Waals surface area contributed by atoms with E-state index in [0.717, 1.165) is 25.0 Å². The second-order valence-corrected chi connectivity index (χ2v) is 4.96. The van der Waals surface area contributed by atoms with Gasteiger partial charge in [-0.1, -0.05) is 11.6 Å². The van der Waals surface area contributed by atoms with E-state index in [4.69, 9.17) is 11.6 Å². The minimum absolute atomic E-state index is 0.0783. The van der Waals surface area contributed by atoms with Crippen LogP contribution in [-0.2, 0) is 4.79 Å². The first-order chi connectivity index (χ1) is 9.49. The first-order valence-electron chi connectivity index (χ1n) is 6.20. The number of benzene rings is 1. The van der Waals surface area contributed by atoms with Gasteiger partial charge in [0.15, 0.2) is 0 Å². The molecule has 0 aromatic heterocycles. The van der Waals surface area contributed by atoms with E-state index in [1.807, 2.05) is 0 Å². The predicted molar refractivity (Wildman–Crippen MR) is 69.5 cm³/mol. The molecule has 4 nitrogen and oxygen atoms in total. The van der Waals surface area contributed by atoms with E-state index in [-0.39, 0.29) is 18.5 Å². The van der Waals surface area contributed by atoms with Gasteiger partial charge >= 0.3 is 0 Å². The summed E-state index contributed by atoms with van der Waals surface area (Å²) in [5.74, 6) is -2.62. The van der Waals surface area contributed by atoms with Crippen LogP contribution in [0.25, 0.3) is 0 Å². The van der Waals surface area contributed by atoms with Gasteiger partial charge in [-0.05, 0) is 25.0 Å². The van der Waals surface area contributed by atoms with Crippen molar-refractivity contribution in [1.82, 2.24) is 10.6 Å². The van der Waals surface area contributed by atoms with Gasteiger partial charge in [0.1, 0.15) is 11.6 Å². The van der Waals surface area contributed by atoms with E-state index in [2.05, 4.69) is 10.6 Å². The normalized spacial score (nSPS) is 18.6. The summed E-state index contributed by atoms with van der Waals surface area (Å²) in [6, 6.07) is 1.50. The summed E-state index contributed by atoms with van der Waals surface area (Å²) >= 11 is 5.59. The Hall–Kier alpha value is -1.69. The Bertz CT molecular complexity index is 551. The maximum absolute atomic E-state index is 13.5. The molecule has 2 N–H and O–H groups in total. The molecule has 1 aliphatic heterocycles. The summed E-state index contributed by atoms with van der Waals surface area (Å²) in [6.45, 7) is 0.150. The van der Waals surface area contributed by atoms with Crippen LogP contribution in [0, 0.1) is 11.6 Å². The molecule has 0 spiro atoms. The summed E-state index contributed by atoms with van der Waals surface area (Å²) < 4.78 is 26.8. The van der Waals surface area contributed by atoms with E-state index >= 15 is 0 Å². The smallest absolute Gasteiger partial charge is 0.255 e. The topological polar surface area (TPSA) is 58.2 Å². The number of rotatable bonds is 3. The van der Waals surface area contributed by atoms with Crippen molar-refractivity contribution in [1.29, 1.82) is 0 Å². The largest absolute Gasteiger partial charge is 0.352 e. The van der Waals surface area contributed by atoms with Gasteiger partial charge in [0, 0.05) is 19.0 Å². The molecule has 0 bridgehead atoms. The lowest BCUT2D eigenvalue weighted by atomic mass is 10.0. The fourth-order valence-electron chi connectivity index (χ4n) is 2.07. The van der Waals surface area contributed by atoms with Crippen LogP contribution >= 0.6 is 11.6 Å². The second kappa shape index (κ2) is 6.17. The van der Waals surface area contributed by atoms with E-state index in [1.165, 1.54) is 0 Å². The van der Waals surface area contributed by atoms with Gasteiger partial charge in [0.2, 0.25) is 5.91 Å². The summed E-state index contributed by atoms with van der Waals surface area (Å²) in [5, 5.41) is 4.62. The Kier molecular flexibility index (Phi) is 4.54. The van der Waals surface area contributed by atoms with E-state index in [1.54, 1.807) is 0 Å². The number of hydrogen-bond acceptors (Lipinski definition) is 2. The number of carbonyl (C=O) groups is 2. The number of hydrogen-bond donors (Lipinski definition) is 2. The first kappa shape index (κ1) is 14.7. The highest BCUT2D eigenvalue weighted by molar-refractivity contribution is 6.34. The predicted octanol–water partition coefficient (Wildman–Crippen LogP) is 2.02. The molecule has 0 unspecified atom stereocenters. The zero-order chi connectivity index (χ0) is 14.7. The molecular formula is C13H13ClF2N2O2. The highest BCUT2D eigenvalue weighted by Gasteiger charge is 2.22. The fraction of sp³-hybridized carbons (Fsp3) is 0.385. The molecule has 0 aliphatic carbocycles. The third kappa shape index (κ3) is 3.25. The Labute approximate surface area is 119 Å². The number of amides is 2. The lowest BCUT2D eigenvalue weighted by Crippen LogP contribution is -2.46. The third-order valence-corrected chi connectivity index (χ3v) is 3.47. The van der Waals surface area contributed by atoms with E-state index in [0.29, 0.717) is 6.42 Å². The average molecular weight is 303 g/mol. The molecule has 2 amide bonds. The molecule has 1 atom stereocenters. The zero-order valence-corrected chi connectivity index (χ0v) is 11.3. The molecule has 7 heteroatoms. The van der Waals surface area contributed by atoms with Gasteiger partial charge in [-0.3, -0.25) is 9.59 Å². The second-order valence-electron chi connectivity index (χ2n) is 4.58. The maximum Gasteiger partial charge on any atom is 0.255 e. The van der Waals surface area contributed by atoms with Gasteiger partial charge in [0.05, 0.1) is 10.6 Å². The van der Waals surface area contributed by atoms with Crippen LogP contribution in [-0.4, -0.2) is 24.4 Å². The molecule has 1 heterocycles. The van der Waals surface area contributed by atoms with Gasteiger partial charge in [-0.15, -0.1) is 0 Å². The Balaban J connectivity index is 2.02. The van der Waals surface area contributed by atoms with Crippen molar-refractivity contribution in [2.24, 2.45) is 0 Å². The molecule has 0 saturated carbocycles. The maximum atomic E-state index is 13.5. The molecule has 1 saturated heterocycles. The van der Waals surface area contributed by atoms with Crippen LogP contribution in [0.1, 0.15) is 29.6 Å². The molecule has 1 aliphatic rings. The number of carbonyl (C=O) groups excluding carboxylic acids is 2. The van der Waals surface area contributed by atoms with Crippen molar-refractivity contribution in [3.05, 3.63) is 34.4 Å². The van der Waals surface area contributed by atoms with Crippen molar-refractivity contribution < 1.29 is 18.4 Å². The molecule has 108 valence electrons. The van der Waals surface area contributed by atoms with E-state index < -0.39 is 28.1 Å². The highest BCUT2D eigenvalue weighted by atomic mass is 35.5. The summed E-state index contributed by atoms with van der Waals surface area (Å²) in [4.78, 5) is 23.0. The van der Waals surface area contributed by atoms with Crippen LogP contribution in [0.5, 0.6) is 0 Å². The minimum atomic E-state index is -0.887. The number of nitrogens with one attached hydrogen (secondary N) is 2. The highest BCUT2D eigenvalue weighted by Crippen LogP contribution is 2.22. The van der Waals surface area contributed by atoms with Gasteiger partial charge in [-0.2, -0.15) is 0 Å². The van der Waals surface area contributed by atoms with Crippen molar-refractivity contribution in [3.8, 4) is 0 Å². The van der Waals surface area contributed by atoms with Crippen molar-refractivity contribution in [3.63, 3.8) is 0 Å². The van der Waals surface area contributed by atoms with Crippen LogP contribution in [0.3, 0.4) is 0 Å². The van der Waals surface area contributed by atoms with Gasteiger partial charge in [-0.25, -0.2) is 8.78 Å². The molecular weight excluding hydrogens is 290 g/mol. The molecule has 1 aromatic rings. The molecule has 0 radical (unpaired) electrons. The minimum Gasteiger partial charge on any atom is -0.352 e. The zero-order valence-electron chi connectivity index (χ0n) is 10.5. The molecule has 20 heavy (non-hydrogen) atoms. The fourth-order valence-corrected chi connectivity index (χ4v) is 2.31. The number of halogens is 3. The third-order valence-electron chi connectivity index (χ3n) is 3.10. The van der Waals surface area contributed by atoms with E-state index in [9.17, 15) is 18.4 Å². The van der Waals surface area contributed by atoms with Gasteiger partial charge in [0.25, 0.3) is 5.91 Å². The Morgan fingerprint density at radius 3 is 2.80 bits per heavy atom. The lowest BCUT2D eigenvalue weighted by Gasteiger charge is -2.23. The summed E-state index contributed by atoms with van der Waals surface area (Å²) in [6.07, 6.45) is 1.93. The SMILES string of the molecule is O=C1CCC[C@H](CNC(=O)c2c(F)ccc(F)c2Cl)N1. The standard InChI is InChI=1S/C13H13ClF2N2O2/c14-12-9(16)5-4-8(15)11(12)13(20)17-6-7-2-1-3-10(19)18-7/h4-5,7H,1-3,6H2,(H,17,20)(H,18,19)/t7-/m1/s1. The van der Waals surface area contributed by atoms with Crippen molar-refractivity contribution >= 4 is 23.4 Å². The quantitative estimate of drug-likeness (QED) is 0.839. The van der Waals surface area contributed by atoms with Crippen LogP contribution < -0.4 is 10.6 Å². The van der Waals surface area contributed by atoms with Crippen LogP contribution in [0.2, 0.25) is 5.02 Å². The lowest BCUT2D eigenvalue weighted by molar-refractivity contribution is -0.123. The Morgan fingerprint density at radius 1 is 1.40 bits per heavy atom. The monoisotopic (exact) mass is 302 g/mol. The van der Waals surface area contributed by atoms with Crippen molar-refractivity contribution in [2.45, 2.75) is 25.3 Å².